The first-order chi connectivity index (χ1) is 14.5. The molecule has 10 heteroatoms. The zero-order valence-corrected chi connectivity index (χ0v) is 19.4. The number of rotatable bonds is 9. The summed E-state index contributed by atoms with van der Waals surface area (Å²) in [5.41, 5.74) is 1.65. The highest BCUT2D eigenvalue weighted by Crippen LogP contribution is 2.16. The minimum absolute atomic E-state index is 0.00979. The second-order valence-electron chi connectivity index (χ2n) is 6.93. The van der Waals surface area contributed by atoms with E-state index in [1.807, 2.05) is 6.92 Å². The molecule has 0 saturated heterocycles. The van der Waals surface area contributed by atoms with Gasteiger partial charge in [-0.25, -0.2) is 8.42 Å². The Morgan fingerprint density at radius 1 is 1.13 bits per heavy atom. The molecule has 0 aromatic heterocycles. The van der Waals surface area contributed by atoms with Crippen molar-refractivity contribution < 1.29 is 32.7 Å². The van der Waals surface area contributed by atoms with Gasteiger partial charge in [-0.15, -0.1) is 0 Å². The summed E-state index contributed by atoms with van der Waals surface area (Å²) < 4.78 is 36.4. The van der Waals surface area contributed by atoms with Crippen molar-refractivity contribution in [3.8, 4) is 5.75 Å². The number of anilines is 1. The Hall–Kier alpha value is -2.11. The van der Waals surface area contributed by atoms with Crippen LogP contribution in [0.4, 0.5) is 5.69 Å². The maximum atomic E-state index is 11.7. The molecule has 0 aliphatic rings. The molecule has 2 aromatic carbocycles. The van der Waals surface area contributed by atoms with E-state index in [0.29, 0.717) is 12.2 Å². The monoisotopic (exact) mass is 471 g/mol. The van der Waals surface area contributed by atoms with Crippen molar-refractivity contribution in [1.29, 1.82) is 0 Å². The van der Waals surface area contributed by atoms with Gasteiger partial charge in [-0.3, -0.25) is 4.79 Å². The van der Waals surface area contributed by atoms with Crippen LogP contribution < -0.4 is 10.1 Å². The number of ether oxygens (including phenoxy) is 1. The van der Waals surface area contributed by atoms with E-state index in [9.17, 15) is 17.8 Å². The van der Waals surface area contributed by atoms with Gasteiger partial charge < -0.3 is 24.8 Å². The predicted octanol–water partition coefficient (Wildman–Crippen LogP) is 1.52. The Bertz CT molecular complexity index is 898. The third-order valence-electron chi connectivity index (χ3n) is 3.84. The van der Waals surface area contributed by atoms with Gasteiger partial charge in [0.05, 0.1) is 30.4 Å². The summed E-state index contributed by atoms with van der Waals surface area (Å²) in [5, 5.41) is 20.7. The molecule has 1 amide bonds. The van der Waals surface area contributed by atoms with Crippen molar-refractivity contribution >= 4 is 32.6 Å². The molecule has 0 aliphatic carbocycles. The van der Waals surface area contributed by atoms with Crippen LogP contribution in [0.2, 0.25) is 0 Å². The van der Waals surface area contributed by atoms with E-state index in [1.54, 1.807) is 36.4 Å². The van der Waals surface area contributed by atoms with Crippen molar-refractivity contribution in [2.75, 3.05) is 36.8 Å². The molecule has 2 aromatic rings. The fraction of sp³-hybridized carbons (Fsp3) is 0.381. The first-order valence-electron chi connectivity index (χ1n) is 9.39. The third kappa shape index (κ3) is 11.7. The van der Waals surface area contributed by atoms with Gasteiger partial charge in [0.1, 0.15) is 34.3 Å². The lowest BCUT2D eigenvalue weighted by Crippen LogP contribution is -2.21. The van der Waals surface area contributed by atoms with Crippen LogP contribution in [0.3, 0.4) is 0 Å². The van der Waals surface area contributed by atoms with E-state index in [0.717, 1.165) is 17.0 Å². The second-order valence-corrected chi connectivity index (χ2v) is 10.7. The van der Waals surface area contributed by atoms with Crippen LogP contribution in [-0.4, -0.2) is 66.7 Å². The Labute approximate surface area is 186 Å². The van der Waals surface area contributed by atoms with Gasteiger partial charge in [-0.1, -0.05) is 17.7 Å². The van der Waals surface area contributed by atoms with Gasteiger partial charge in [0.15, 0.2) is 0 Å². The summed E-state index contributed by atoms with van der Waals surface area (Å²) >= 11 is 0. The fourth-order valence-electron chi connectivity index (χ4n) is 2.10. The van der Waals surface area contributed by atoms with Crippen molar-refractivity contribution in [3.05, 3.63) is 54.1 Å². The van der Waals surface area contributed by atoms with Gasteiger partial charge in [0, 0.05) is 5.69 Å². The molecule has 0 fully saturated rings. The lowest BCUT2D eigenvalue weighted by Gasteiger charge is -2.10. The molecule has 1 unspecified atom stereocenters. The number of aliphatic hydroxyl groups excluding tert-OH is 2. The molecule has 0 bridgehead atoms. The van der Waals surface area contributed by atoms with Crippen LogP contribution in [-0.2, 0) is 25.8 Å². The number of carbonyl (C=O) groups is 1. The Kier molecular flexibility index (Phi) is 11.6. The number of nitrogens with one attached hydrogen (secondary N) is 1. The van der Waals surface area contributed by atoms with E-state index < -0.39 is 16.2 Å². The van der Waals surface area contributed by atoms with E-state index in [1.165, 1.54) is 12.1 Å². The number of benzene rings is 2. The molecule has 0 saturated carbocycles. The number of aryl methyl sites for hydroxylation is 1. The summed E-state index contributed by atoms with van der Waals surface area (Å²) in [5.74, 6) is 1.49. The van der Waals surface area contributed by atoms with Gasteiger partial charge in [0.2, 0.25) is 5.91 Å². The molecular formula is C21H29NO7S2. The minimum Gasteiger partial charge on any atom is -0.744 e. The molecule has 0 spiro atoms. The number of carbonyl (C=O) groups excluding carboxylic acids is 1. The van der Waals surface area contributed by atoms with Gasteiger partial charge in [0.25, 0.3) is 0 Å². The van der Waals surface area contributed by atoms with Crippen LogP contribution in [0, 0.1) is 6.92 Å². The third-order valence-corrected chi connectivity index (χ3v) is 5.71. The molecule has 31 heavy (non-hydrogen) atoms. The van der Waals surface area contributed by atoms with Crippen LogP contribution in [0.15, 0.2) is 53.4 Å². The maximum absolute atomic E-state index is 11.7. The number of amides is 1. The molecule has 0 heterocycles. The molecule has 0 aliphatic heterocycles. The quantitative estimate of drug-likeness (QED) is 0.373. The first kappa shape index (κ1) is 26.9. The SMILES string of the molecule is C[S+](C)CCC(=O)Nc1ccc(OCC(O)CO)cc1.Cc1ccc(S(=O)(=O)[O-])cc1. The zero-order chi connectivity index (χ0) is 23.4. The average molecular weight is 472 g/mol. The van der Waals surface area contributed by atoms with Gasteiger partial charge in [-0.05, 0) is 54.2 Å². The highest BCUT2D eigenvalue weighted by Gasteiger charge is 2.09. The molecule has 1 atom stereocenters. The smallest absolute Gasteiger partial charge is 0.229 e. The van der Waals surface area contributed by atoms with Crippen LogP contribution >= 0.6 is 0 Å². The first-order valence-corrected chi connectivity index (χ1v) is 13.0. The summed E-state index contributed by atoms with van der Waals surface area (Å²) in [6.07, 6.45) is 3.86. The topological polar surface area (TPSA) is 136 Å². The number of hydrogen-bond donors (Lipinski definition) is 3. The molecule has 2 rings (SSSR count). The van der Waals surface area contributed by atoms with Crippen LogP contribution in [0.5, 0.6) is 5.75 Å². The number of aliphatic hydroxyl groups is 2. The molecule has 0 radical (unpaired) electrons. The van der Waals surface area contributed by atoms with Crippen LogP contribution in [0.25, 0.3) is 0 Å². The Morgan fingerprint density at radius 2 is 1.71 bits per heavy atom. The molecule has 3 N–H and O–H groups in total. The van der Waals surface area contributed by atoms with Crippen molar-refractivity contribution in [2.24, 2.45) is 0 Å². The van der Waals surface area contributed by atoms with E-state index >= 15 is 0 Å². The lowest BCUT2D eigenvalue weighted by atomic mass is 10.2. The Morgan fingerprint density at radius 3 is 2.19 bits per heavy atom. The van der Waals surface area contributed by atoms with Crippen molar-refractivity contribution in [3.63, 3.8) is 0 Å². The van der Waals surface area contributed by atoms with Crippen molar-refractivity contribution in [1.82, 2.24) is 0 Å². The summed E-state index contributed by atoms with van der Waals surface area (Å²) in [7, 11) is -4.00. The summed E-state index contributed by atoms with van der Waals surface area (Å²) in [6, 6.07) is 12.7. The normalized spacial score (nSPS) is 12.0. The standard InChI is InChI=1S/C14H21NO4S.C7H8O3S/c1-20(2)8-7-14(18)15-11-3-5-13(6-4-11)19-10-12(17)9-16;1-6-2-4-7(5-3-6)11(8,9)10/h3-6,12,16-17H,7-10H2,1-2H3;2-5H,1H3,(H,8,9,10). The second kappa shape index (κ2) is 13.3. The molecular weight excluding hydrogens is 442 g/mol. The zero-order valence-electron chi connectivity index (χ0n) is 17.8. The Balaban J connectivity index is 0.000000367. The minimum atomic E-state index is -4.27. The fourth-order valence-corrected chi connectivity index (χ4v) is 3.17. The van der Waals surface area contributed by atoms with E-state index in [-0.39, 0.29) is 34.9 Å². The van der Waals surface area contributed by atoms with Crippen molar-refractivity contribution in [2.45, 2.75) is 24.3 Å². The maximum Gasteiger partial charge on any atom is 0.229 e. The number of hydrogen-bond acceptors (Lipinski definition) is 7. The van der Waals surface area contributed by atoms with E-state index in [2.05, 4.69) is 17.8 Å². The molecule has 8 nitrogen and oxygen atoms in total. The van der Waals surface area contributed by atoms with Gasteiger partial charge in [-0.2, -0.15) is 0 Å². The van der Waals surface area contributed by atoms with Gasteiger partial charge >= 0.3 is 0 Å². The van der Waals surface area contributed by atoms with E-state index in [4.69, 9.17) is 14.9 Å². The summed E-state index contributed by atoms with van der Waals surface area (Å²) in [6.45, 7) is 1.53. The van der Waals surface area contributed by atoms with Crippen LogP contribution in [0.1, 0.15) is 12.0 Å². The predicted molar refractivity (Wildman–Crippen MR) is 121 cm³/mol. The molecule has 172 valence electrons. The average Bonchev–Trinajstić information content (AvgIpc) is 2.71. The highest BCUT2D eigenvalue weighted by atomic mass is 32.2. The largest absolute Gasteiger partial charge is 0.744 e. The lowest BCUT2D eigenvalue weighted by molar-refractivity contribution is -0.115. The summed E-state index contributed by atoms with van der Waals surface area (Å²) in [4.78, 5) is 11.5. The highest BCUT2D eigenvalue weighted by molar-refractivity contribution is 7.95.